The monoisotopic (exact) mass is 461 g/mol. The van der Waals surface area contributed by atoms with Crippen molar-refractivity contribution in [3.05, 3.63) is 125 Å². The quantitative estimate of drug-likeness (QED) is 0.267. The standard InChI is InChI=1S/C30H20ClNO2/c31-30-22-15-7-4-13-20(22)25(21-14-5-8-16-23(21)30)26-27(30)29(34)32(28(26)33)24-17-9-6-12-19(24)18-10-2-1-3-11-18/h1-17,25-27H/t25?,26-,27+,30?/m0/s1. The molecule has 0 saturated carbocycles. The van der Waals surface area contributed by atoms with E-state index in [1.165, 1.54) is 4.90 Å². The number of benzene rings is 4. The van der Waals surface area contributed by atoms with Gasteiger partial charge in [0, 0.05) is 11.5 Å². The summed E-state index contributed by atoms with van der Waals surface area (Å²) < 4.78 is 0. The molecule has 164 valence electrons. The summed E-state index contributed by atoms with van der Waals surface area (Å²) in [5.41, 5.74) is 6.43. The van der Waals surface area contributed by atoms with Crippen molar-refractivity contribution in [2.24, 2.45) is 11.8 Å². The first-order chi connectivity index (χ1) is 16.6. The van der Waals surface area contributed by atoms with Crippen molar-refractivity contribution in [2.75, 3.05) is 4.90 Å². The lowest BCUT2D eigenvalue weighted by atomic mass is 9.54. The summed E-state index contributed by atoms with van der Waals surface area (Å²) in [4.78, 5) is 28.6. The summed E-state index contributed by atoms with van der Waals surface area (Å²) in [5.74, 6) is -1.76. The number of rotatable bonds is 2. The van der Waals surface area contributed by atoms with Crippen LogP contribution in [-0.2, 0) is 14.5 Å². The van der Waals surface area contributed by atoms with E-state index < -0.39 is 16.7 Å². The van der Waals surface area contributed by atoms with Gasteiger partial charge in [0.15, 0.2) is 0 Å². The number of halogens is 1. The van der Waals surface area contributed by atoms with Crippen LogP contribution in [0.5, 0.6) is 0 Å². The highest BCUT2D eigenvalue weighted by atomic mass is 35.5. The summed E-state index contributed by atoms with van der Waals surface area (Å²) >= 11 is 7.53. The Morgan fingerprint density at radius 3 is 1.88 bits per heavy atom. The van der Waals surface area contributed by atoms with Crippen LogP contribution in [0, 0.1) is 11.8 Å². The highest BCUT2D eigenvalue weighted by molar-refractivity contribution is 6.33. The number of hydrogen-bond donors (Lipinski definition) is 0. The van der Waals surface area contributed by atoms with Gasteiger partial charge in [0.1, 0.15) is 4.87 Å². The minimum absolute atomic E-state index is 0.169. The number of carbonyl (C=O) groups is 2. The Morgan fingerprint density at radius 1 is 0.647 bits per heavy atom. The minimum Gasteiger partial charge on any atom is -0.274 e. The Kier molecular flexibility index (Phi) is 4.01. The molecule has 0 aromatic heterocycles. The Labute approximate surface area is 202 Å². The van der Waals surface area contributed by atoms with Gasteiger partial charge < -0.3 is 0 Å². The SMILES string of the molecule is O=C1[C@H]2C3c4ccccc4C(Cl)(c4ccccc43)[C@H]2C(=O)N1c1ccccc1-c1ccccc1. The third-order valence-corrected chi connectivity index (χ3v) is 8.39. The average molecular weight is 462 g/mol. The fourth-order valence-electron chi connectivity index (χ4n) is 6.45. The molecule has 8 rings (SSSR count). The van der Waals surface area contributed by atoms with Crippen LogP contribution in [0.15, 0.2) is 103 Å². The Hall–Kier alpha value is -3.69. The fourth-order valence-corrected chi connectivity index (χ4v) is 7.02. The molecule has 4 aliphatic rings. The molecule has 0 radical (unpaired) electrons. The van der Waals surface area contributed by atoms with Gasteiger partial charge in [-0.25, -0.2) is 4.90 Å². The van der Waals surface area contributed by atoms with Gasteiger partial charge in [-0.3, -0.25) is 9.59 Å². The largest absolute Gasteiger partial charge is 0.274 e. The summed E-state index contributed by atoms with van der Waals surface area (Å²) in [6.07, 6.45) is 0. The van der Waals surface area contributed by atoms with E-state index in [9.17, 15) is 9.59 Å². The Morgan fingerprint density at radius 2 is 1.21 bits per heavy atom. The molecule has 4 heteroatoms. The van der Waals surface area contributed by atoms with Gasteiger partial charge in [-0.2, -0.15) is 0 Å². The predicted molar refractivity (Wildman–Crippen MR) is 133 cm³/mol. The second-order valence-electron chi connectivity index (χ2n) is 9.26. The maximum Gasteiger partial charge on any atom is 0.240 e. The zero-order valence-corrected chi connectivity index (χ0v) is 18.9. The molecule has 0 unspecified atom stereocenters. The second kappa shape index (κ2) is 6.91. The van der Waals surface area contributed by atoms with Crippen LogP contribution in [-0.4, -0.2) is 11.8 Å². The summed E-state index contributed by atoms with van der Waals surface area (Å²) in [6.45, 7) is 0. The first-order valence-corrected chi connectivity index (χ1v) is 11.9. The van der Waals surface area contributed by atoms with Crippen molar-refractivity contribution >= 4 is 29.1 Å². The van der Waals surface area contributed by atoms with E-state index in [0.29, 0.717) is 5.69 Å². The molecule has 1 saturated heterocycles. The van der Waals surface area contributed by atoms with Gasteiger partial charge in [0.25, 0.3) is 0 Å². The first kappa shape index (κ1) is 19.7. The number of nitrogens with zero attached hydrogens (tertiary/aromatic N) is 1. The van der Waals surface area contributed by atoms with E-state index in [2.05, 4.69) is 12.1 Å². The number of alkyl halides is 1. The second-order valence-corrected chi connectivity index (χ2v) is 9.86. The van der Waals surface area contributed by atoms with E-state index in [1.807, 2.05) is 91.0 Å². The molecule has 4 aromatic carbocycles. The highest BCUT2D eigenvalue weighted by Crippen LogP contribution is 2.66. The maximum absolute atomic E-state index is 14.2. The topological polar surface area (TPSA) is 37.4 Å². The lowest BCUT2D eigenvalue weighted by molar-refractivity contribution is -0.122. The van der Waals surface area contributed by atoms with Crippen LogP contribution in [0.2, 0.25) is 0 Å². The summed E-state index contributed by atoms with van der Waals surface area (Å²) in [7, 11) is 0. The smallest absolute Gasteiger partial charge is 0.240 e. The van der Waals surface area contributed by atoms with Crippen molar-refractivity contribution in [1.29, 1.82) is 0 Å². The molecule has 34 heavy (non-hydrogen) atoms. The van der Waals surface area contributed by atoms with Crippen LogP contribution in [0.25, 0.3) is 11.1 Å². The fraction of sp³-hybridized carbons (Fsp3) is 0.133. The molecule has 3 nitrogen and oxygen atoms in total. The van der Waals surface area contributed by atoms with Crippen LogP contribution in [0.4, 0.5) is 5.69 Å². The van der Waals surface area contributed by atoms with Crippen LogP contribution in [0.1, 0.15) is 28.2 Å². The van der Waals surface area contributed by atoms with E-state index in [-0.39, 0.29) is 17.7 Å². The molecule has 0 spiro atoms. The van der Waals surface area contributed by atoms with Gasteiger partial charge >= 0.3 is 0 Å². The highest BCUT2D eigenvalue weighted by Gasteiger charge is 2.68. The third-order valence-electron chi connectivity index (χ3n) is 7.74. The molecule has 2 atom stereocenters. The van der Waals surface area contributed by atoms with Crippen molar-refractivity contribution in [3.8, 4) is 11.1 Å². The maximum atomic E-state index is 14.2. The molecule has 1 heterocycles. The number of amides is 2. The lowest BCUT2D eigenvalue weighted by Gasteiger charge is -2.50. The minimum atomic E-state index is -1.07. The molecular weight excluding hydrogens is 442 g/mol. The Bertz CT molecular complexity index is 1450. The van der Waals surface area contributed by atoms with Crippen molar-refractivity contribution in [3.63, 3.8) is 0 Å². The van der Waals surface area contributed by atoms with E-state index in [1.54, 1.807) is 0 Å². The van der Waals surface area contributed by atoms with Crippen LogP contribution >= 0.6 is 11.6 Å². The van der Waals surface area contributed by atoms with Gasteiger partial charge in [0.2, 0.25) is 11.8 Å². The van der Waals surface area contributed by atoms with Crippen LogP contribution < -0.4 is 4.90 Å². The zero-order valence-electron chi connectivity index (χ0n) is 18.2. The molecular formula is C30H20ClNO2. The number of anilines is 1. The number of carbonyl (C=O) groups excluding carboxylic acids is 2. The molecule has 1 fully saturated rings. The molecule has 1 aliphatic heterocycles. The van der Waals surface area contributed by atoms with Crippen molar-refractivity contribution in [1.82, 2.24) is 0 Å². The molecule has 2 amide bonds. The summed E-state index contributed by atoms with van der Waals surface area (Å²) in [6, 6.07) is 33.5. The molecule has 0 N–H and O–H groups in total. The van der Waals surface area contributed by atoms with Crippen molar-refractivity contribution < 1.29 is 9.59 Å². The lowest BCUT2D eigenvalue weighted by Crippen LogP contribution is -2.50. The van der Waals surface area contributed by atoms with Gasteiger partial charge in [-0.05, 0) is 33.9 Å². The molecule has 4 aromatic rings. The number of imide groups is 1. The van der Waals surface area contributed by atoms with Gasteiger partial charge in [-0.1, -0.05) is 97.1 Å². The van der Waals surface area contributed by atoms with Gasteiger partial charge in [-0.15, -0.1) is 11.6 Å². The zero-order chi connectivity index (χ0) is 23.0. The molecule has 3 aliphatic carbocycles. The van der Waals surface area contributed by atoms with Crippen LogP contribution in [0.3, 0.4) is 0 Å². The average Bonchev–Trinajstić information content (AvgIpc) is 3.16. The third kappa shape index (κ3) is 2.32. The Balaban J connectivity index is 1.46. The van der Waals surface area contributed by atoms with E-state index >= 15 is 0 Å². The molecule has 2 bridgehead atoms. The normalized spacial score (nSPS) is 26.3. The number of hydrogen-bond acceptors (Lipinski definition) is 2. The van der Waals surface area contributed by atoms with E-state index in [4.69, 9.17) is 11.6 Å². The van der Waals surface area contributed by atoms with E-state index in [0.717, 1.165) is 33.4 Å². The van der Waals surface area contributed by atoms with Gasteiger partial charge in [0.05, 0.1) is 17.5 Å². The predicted octanol–water partition coefficient (Wildman–Crippen LogP) is 6.10. The van der Waals surface area contributed by atoms with Crippen molar-refractivity contribution in [2.45, 2.75) is 10.8 Å². The number of para-hydroxylation sites is 1. The summed E-state index contributed by atoms with van der Waals surface area (Å²) in [5, 5.41) is 0. The first-order valence-electron chi connectivity index (χ1n) is 11.5.